The topological polar surface area (TPSA) is 20.5 Å². The van der Waals surface area contributed by atoms with Crippen LogP contribution in [0.25, 0.3) is 49.0 Å². The van der Waals surface area contributed by atoms with Crippen LogP contribution in [0.1, 0.15) is 17.5 Å². The molecule has 0 spiro atoms. The van der Waals surface area contributed by atoms with Gasteiger partial charge in [-0.1, -0.05) is 133 Å². The maximum atomic E-state index is 5.52. The zero-order valence-corrected chi connectivity index (χ0v) is 26.7. The lowest BCUT2D eigenvalue weighted by atomic mass is 9.80. The highest BCUT2D eigenvalue weighted by molar-refractivity contribution is 6.29. The van der Waals surface area contributed by atoms with Gasteiger partial charge in [-0.2, -0.15) is 0 Å². The van der Waals surface area contributed by atoms with Gasteiger partial charge in [-0.05, 0) is 57.8 Å². The maximum Gasteiger partial charge on any atom is 0.147 e. The number of aliphatic imine (C=N–C) groups is 1. The molecule has 2 atom stereocenters. The summed E-state index contributed by atoms with van der Waals surface area (Å²) in [6.07, 6.45) is 12.4. The minimum atomic E-state index is -0.140. The summed E-state index contributed by atoms with van der Waals surface area (Å²) in [5.74, 6) is 0.202. The first kappa shape index (κ1) is 27.2. The first-order valence-electron chi connectivity index (χ1n) is 16.8. The van der Waals surface area contributed by atoms with Gasteiger partial charge in [0.25, 0.3) is 0 Å². The van der Waals surface area contributed by atoms with Crippen LogP contribution < -0.4 is 4.90 Å². The van der Waals surface area contributed by atoms with Gasteiger partial charge in [0.1, 0.15) is 6.17 Å². The lowest BCUT2D eigenvalue weighted by Gasteiger charge is -2.38. The Kier molecular flexibility index (Phi) is 5.98. The van der Waals surface area contributed by atoms with Crippen molar-refractivity contribution < 1.29 is 0 Å². The summed E-state index contributed by atoms with van der Waals surface area (Å²) in [7, 11) is 2.19. The van der Waals surface area contributed by atoms with Crippen molar-refractivity contribution >= 4 is 60.4 Å². The third kappa shape index (κ3) is 3.91. The molecular formula is C45H33N3. The zero-order chi connectivity index (χ0) is 31.8. The van der Waals surface area contributed by atoms with Crippen molar-refractivity contribution in [2.45, 2.75) is 12.6 Å². The van der Waals surface area contributed by atoms with Crippen LogP contribution >= 0.6 is 0 Å². The predicted molar refractivity (Wildman–Crippen MR) is 203 cm³/mol. The molecule has 2 aliphatic carbocycles. The van der Waals surface area contributed by atoms with Crippen molar-refractivity contribution in [1.82, 2.24) is 4.57 Å². The lowest BCUT2D eigenvalue weighted by Crippen LogP contribution is -2.38. The molecule has 0 amide bonds. The van der Waals surface area contributed by atoms with Crippen LogP contribution in [-0.2, 0) is 0 Å². The summed E-state index contributed by atoms with van der Waals surface area (Å²) in [4.78, 5) is 7.87. The van der Waals surface area contributed by atoms with E-state index in [0.29, 0.717) is 0 Å². The number of nitrogens with zero attached hydrogens (tertiary/aromatic N) is 3. The molecule has 1 aromatic heterocycles. The fourth-order valence-corrected chi connectivity index (χ4v) is 8.40. The fraction of sp³-hybridized carbons (Fsp3) is 0.0889. The van der Waals surface area contributed by atoms with Crippen LogP contribution in [0.15, 0.2) is 174 Å². The standard InChI is InChI=1S/C45H33N3/c1-47-38-23-10-9-19-37(38)44(31-15-3-2-4-16-31)46-45(47)36-22-11-21-35-34(36)20-12-24-39(35)48-40-27-25-29-13-5-7-17-32(29)42(40)43-33-18-8-6-14-30(33)26-28-41(43)48/h2-20,22-28,35,45H,21H2,1H3. The number of aromatic nitrogens is 1. The van der Waals surface area contributed by atoms with E-state index in [1.807, 2.05) is 0 Å². The van der Waals surface area contributed by atoms with Crippen molar-refractivity contribution in [3.8, 4) is 0 Å². The average Bonchev–Trinajstić information content (AvgIpc) is 3.50. The van der Waals surface area contributed by atoms with Crippen molar-refractivity contribution in [2.24, 2.45) is 10.9 Å². The van der Waals surface area contributed by atoms with Gasteiger partial charge in [-0.25, -0.2) is 0 Å². The molecule has 0 radical (unpaired) electrons. The summed E-state index contributed by atoms with van der Waals surface area (Å²) in [6, 6.07) is 46.2. The molecule has 0 fully saturated rings. The molecule has 10 rings (SSSR count). The van der Waals surface area contributed by atoms with E-state index in [1.165, 1.54) is 71.4 Å². The molecule has 3 aliphatic rings. The number of hydrogen-bond acceptors (Lipinski definition) is 2. The van der Waals surface area contributed by atoms with E-state index < -0.39 is 0 Å². The van der Waals surface area contributed by atoms with Crippen LogP contribution in [0.2, 0.25) is 0 Å². The van der Waals surface area contributed by atoms with Crippen molar-refractivity contribution in [3.05, 3.63) is 180 Å². The Morgan fingerprint density at radius 1 is 0.625 bits per heavy atom. The zero-order valence-electron chi connectivity index (χ0n) is 26.7. The summed E-state index contributed by atoms with van der Waals surface area (Å²) < 4.78 is 2.55. The number of fused-ring (bicyclic) bond motifs is 9. The van der Waals surface area contributed by atoms with E-state index in [1.54, 1.807) is 0 Å². The number of para-hydroxylation sites is 1. The molecule has 2 unspecified atom stereocenters. The summed E-state index contributed by atoms with van der Waals surface area (Å²) in [6.45, 7) is 0. The predicted octanol–water partition coefficient (Wildman–Crippen LogP) is 10.7. The highest BCUT2D eigenvalue weighted by Gasteiger charge is 2.34. The molecule has 6 aromatic carbocycles. The molecule has 2 heterocycles. The lowest BCUT2D eigenvalue weighted by molar-refractivity contribution is 0.694. The van der Waals surface area contributed by atoms with Gasteiger partial charge in [-0.15, -0.1) is 0 Å². The number of hydrogen-bond donors (Lipinski definition) is 0. The van der Waals surface area contributed by atoms with Gasteiger partial charge >= 0.3 is 0 Å². The molecule has 48 heavy (non-hydrogen) atoms. The largest absolute Gasteiger partial charge is 0.349 e. The van der Waals surface area contributed by atoms with E-state index in [-0.39, 0.29) is 12.1 Å². The van der Waals surface area contributed by atoms with E-state index in [2.05, 4.69) is 174 Å². The van der Waals surface area contributed by atoms with E-state index >= 15 is 0 Å². The summed E-state index contributed by atoms with van der Waals surface area (Å²) in [5.41, 5.74) is 11.0. The first-order valence-corrected chi connectivity index (χ1v) is 16.8. The molecule has 0 saturated heterocycles. The Hall–Kier alpha value is -5.93. The third-order valence-corrected chi connectivity index (χ3v) is 10.6. The van der Waals surface area contributed by atoms with Crippen LogP contribution in [-0.4, -0.2) is 23.5 Å². The smallest absolute Gasteiger partial charge is 0.147 e. The molecule has 3 nitrogen and oxygen atoms in total. The second-order valence-corrected chi connectivity index (χ2v) is 13.1. The molecule has 0 saturated carbocycles. The third-order valence-electron chi connectivity index (χ3n) is 10.6. The molecule has 3 heteroatoms. The van der Waals surface area contributed by atoms with Crippen LogP contribution in [0.4, 0.5) is 5.69 Å². The van der Waals surface area contributed by atoms with Crippen molar-refractivity contribution in [3.63, 3.8) is 0 Å². The monoisotopic (exact) mass is 615 g/mol. The molecule has 0 bridgehead atoms. The Morgan fingerprint density at radius 2 is 1.27 bits per heavy atom. The van der Waals surface area contributed by atoms with Gasteiger partial charge in [-0.3, -0.25) is 4.99 Å². The Labute approximate surface area is 279 Å². The first-order chi connectivity index (χ1) is 23.8. The van der Waals surface area contributed by atoms with Gasteiger partial charge in [0.15, 0.2) is 0 Å². The molecule has 0 N–H and O–H groups in total. The Morgan fingerprint density at radius 3 is 2.00 bits per heavy atom. The number of likely N-dealkylation sites (N-methyl/N-ethyl adjacent to an activating group) is 1. The summed E-state index contributed by atoms with van der Waals surface area (Å²) >= 11 is 0. The Balaban J connectivity index is 1.19. The van der Waals surface area contributed by atoms with Gasteiger partial charge in [0, 0.05) is 51.8 Å². The number of anilines is 1. The van der Waals surface area contributed by atoms with E-state index in [4.69, 9.17) is 4.99 Å². The molecule has 1 aliphatic heterocycles. The molecule has 7 aromatic rings. The second kappa shape index (κ2) is 10.5. The fourth-order valence-electron chi connectivity index (χ4n) is 8.40. The van der Waals surface area contributed by atoms with Crippen molar-refractivity contribution in [1.29, 1.82) is 0 Å². The molecular weight excluding hydrogens is 583 g/mol. The van der Waals surface area contributed by atoms with Gasteiger partial charge in [0.05, 0.1) is 16.7 Å². The maximum absolute atomic E-state index is 5.52. The second-order valence-electron chi connectivity index (χ2n) is 13.1. The van der Waals surface area contributed by atoms with Crippen LogP contribution in [0.5, 0.6) is 0 Å². The SMILES string of the molecule is CN1c2ccccc2C(c2ccccc2)=NC1C1=C2C=CC=C(n3c4ccc5ccccc5c4c4c5ccccc5ccc43)C2CC=C1. The highest BCUT2D eigenvalue weighted by atomic mass is 15.2. The molecule has 228 valence electrons. The minimum absolute atomic E-state index is 0.140. The van der Waals surface area contributed by atoms with E-state index in [9.17, 15) is 0 Å². The van der Waals surface area contributed by atoms with Crippen molar-refractivity contribution in [2.75, 3.05) is 11.9 Å². The van der Waals surface area contributed by atoms with Gasteiger partial charge < -0.3 is 9.47 Å². The number of allylic oxidation sites excluding steroid dienone is 6. The number of rotatable bonds is 3. The highest BCUT2D eigenvalue weighted by Crippen LogP contribution is 2.46. The quantitative estimate of drug-likeness (QED) is 0.194. The van der Waals surface area contributed by atoms with Gasteiger partial charge in [0.2, 0.25) is 0 Å². The van der Waals surface area contributed by atoms with Crippen LogP contribution in [0, 0.1) is 5.92 Å². The Bertz CT molecular complexity index is 2520. The average molecular weight is 616 g/mol. The van der Waals surface area contributed by atoms with Crippen LogP contribution in [0.3, 0.4) is 0 Å². The number of benzene rings is 6. The van der Waals surface area contributed by atoms with E-state index in [0.717, 1.165) is 17.7 Å². The normalized spacial score (nSPS) is 18.8. The minimum Gasteiger partial charge on any atom is -0.349 e. The summed E-state index contributed by atoms with van der Waals surface area (Å²) in [5, 5.41) is 7.79.